The molecule has 3 heterocycles. The van der Waals surface area contributed by atoms with Crippen LogP contribution in [0.4, 0.5) is 0 Å². The van der Waals surface area contributed by atoms with Crippen molar-refractivity contribution in [1.82, 2.24) is 15.1 Å². The number of amides is 2. The molecule has 0 saturated carbocycles. The van der Waals surface area contributed by atoms with E-state index in [1.807, 2.05) is 9.80 Å². The zero-order valence-corrected chi connectivity index (χ0v) is 12.6. The van der Waals surface area contributed by atoms with E-state index in [4.69, 9.17) is 4.74 Å². The molecule has 1 N–H and O–H groups in total. The summed E-state index contributed by atoms with van der Waals surface area (Å²) in [6.45, 7) is 4.20. The van der Waals surface area contributed by atoms with Gasteiger partial charge in [-0.3, -0.25) is 9.59 Å². The van der Waals surface area contributed by atoms with E-state index in [1.54, 1.807) is 0 Å². The molecular weight excluding hydrogens is 270 g/mol. The first-order valence-electron chi connectivity index (χ1n) is 8.18. The Morgan fingerprint density at radius 2 is 1.62 bits per heavy atom. The third-order valence-corrected chi connectivity index (χ3v) is 4.72. The third kappa shape index (κ3) is 3.37. The first kappa shape index (κ1) is 14.8. The van der Waals surface area contributed by atoms with Gasteiger partial charge < -0.3 is 19.9 Å². The summed E-state index contributed by atoms with van der Waals surface area (Å²) < 4.78 is 5.46. The normalized spacial score (nSPS) is 30.5. The molecule has 3 rings (SSSR count). The molecule has 6 heteroatoms. The highest BCUT2D eigenvalue weighted by molar-refractivity contribution is 5.83. The molecule has 0 aromatic carbocycles. The molecule has 2 amide bonds. The van der Waals surface area contributed by atoms with Crippen LogP contribution in [0.1, 0.15) is 32.1 Å². The van der Waals surface area contributed by atoms with Gasteiger partial charge in [0.15, 0.2) is 0 Å². The van der Waals surface area contributed by atoms with Crippen LogP contribution in [0.15, 0.2) is 0 Å². The van der Waals surface area contributed by atoms with Gasteiger partial charge in [-0.25, -0.2) is 0 Å². The van der Waals surface area contributed by atoms with Crippen molar-refractivity contribution >= 4 is 11.8 Å². The van der Waals surface area contributed by atoms with E-state index in [1.165, 1.54) is 0 Å². The maximum atomic E-state index is 12.4. The lowest BCUT2D eigenvalue weighted by Gasteiger charge is -2.38. The quantitative estimate of drug-likeness (QED) is 0.778. The van der Waals surface area contributed by atoms with Crippen LogP contribution in [-0.4, -0.2) is 73.1 Å². The van der Waals surface area contributed by atoms with E-state index in [0.29, 0.717) is 32.8 Å². The van der Waals surface area contributed by atoms with Crippen LogP contribution >= 0.6 is 0 Å². The maximum absolute atomic E-state index is 12.4. The molecule has 0 aromatic heterocycles. The second-order valence-corrected chi connectivity index (χ2v) is 6.15. The number of piperidine rings is 1. The third-order valence-electron chi connectivity index (χ3n) is 4.72. The second kappa shape index (κ2) is 6.75. The second-order valence-electron chi connectivity index (χ2n) is 6.15. The number of ether oxygens (including phenoxy) is 1. The Bertz CT molecular complexity index is 382. The zero-order valence-electron chi connectivity index (χ0n) is 12.6. The van der Waals surface area contributed by atoms with Gasteiger partial charge in [0.25, 0.3) is 5.91 Å². The van der Waals surface area contributed by atoms with Crippen LogP contribution in [0, 0.1) is 0 Å². The Balaban J connectivity index is 1.48. The van der Waals surface area contributed by atoms with E-state index >= 15 is 0 Å². The fraction of sp³-hybridized carbons (Fsp3) is 0.867. The van der Waals surface area contributed by atoms with Crippen molar-refractivity contribution in [2.24, 2.45) is 0 Å². The number of hydrogen-bond acceptors (Lipinski definition) is 4. The molecule has 0 spiro atoms. The van der Waals surface area contributed by atoms with Gasteiger partial charge >= 0.3 is 0 Å². The Hall–Kier alpha value is -1.14. The van der Waals surface area contributed by atoms with Gasteiger partial charge in [0, 0.05) is 32.8 Å². The molecule has 3 aliphatic rings. The number of rotatable bonds is 2. The molecule has 2 atom stereocenters. The van der Waals surface area contributed by atoms with Crippen molar-refractivity contribution in [3.8, 4) is 0 Å². The lowest BCUT2D eigenvalue weighted by molar-refractivity contribution is -0.146. The minimum atomic E-state index is -0.243. The Morgan fingerprint density at radius 1 is 0.905 bits per heavy atom. The molecule has 21 heavy (non-hydrogen) atoms. The highest BCUT2D eigenvalue weighted by Crippen LogP contribution is 2.17. The van der Waals surface area contributed by atoms with Crippen LogP contribution in [0.25, 0.3) is 0 Å². The van der Waals surface area contributed by atoms with E-state index in [-0.39, 0.29) is 24.0 Å². The first-order chi connectivity index (χ1) is 10.3. The minimum Gasteiger partial charge on any atom is -0.368 e. The van der Waals surface area contributed by atoms with Crippen molar-refractivity contribution < 1.29 is 14.3 Å². The monoisotopic (exact) mass is 295 g/mol. The minimum absolute atomic E-state index is 0.0147. The SMILES string of the molecule is O=C(C1CCCO1)N1CCN(C(=O)[C@@H]2CCCCN2)CC1. The first-order valence-corrected chi connectivity index (χ1v) is 8.18. The molecule has 6 nitrogen and oxygen atoms in total. The highest BCUT2D eigenvalue weighted by Gasteiger charge is 2.33. The molecule has 3 fully saturated rings. The number of nitrogens with zero attached hydrogens (tertiary/aromatic N) is 2. The lowest BCUT2D eigenvalue weighted by Crippen LogP contribution is -2.57. The van der Waals surface area contributed by atoms with Crippen molar-refractivity contribution in [3.05, 3.63) is 0 Å². The molecule has 3 saturated heterocycles. The average molecular weight is 295 g/mol. The summed E-state index contributed by atoms with van der Waals surface area (Å²) in [6, 6.07) is -0.0147. The van der Waals surface area contributed by atoms with Crippen LogP contribution in [0.3, 0.4) is 0 Å². The largest absolute Gasteiger partial charge is 0.368 e. The standard InChI is InChI=1S/C15H25N3O3/c19-14(12-4-1-2-6-16-12)17-7-9-18(10-8-17)15(20)13-5-3-11-21-13/h12-13,16H,1-11H2/t12-,13?/m0/s1. The van der Waals surface area contributed by atoms with Gasteiger partial charge in [-0.05, 0) is 32.2 Å². The van der Waals surface area contributed by atoms with Crippen molar-refractivity contribution in [3.63, 3.8) is 0 Å². The summed E-state index contributed by atoms with van der Waals surface area (Å²) in [5.74, 6) is 0.314. The van der Waals surface area contributed by atoms with Gasteiger partial charge in [0.2, 0.25) is 5.91 Å². The van der Waals surface area contributed by atoms with E-state index in [2.05, 4.69) is 5.32 Å². The zero-order chi connectivity index (χ0) is 14.7. The smallest absolute Gasteiger partial charge is 0.251 e. The van der Waals surface area contributed by atoms with Crippen molar-refractivity contribution in [2.45, 2.75) is 44.2 Å². The van der Waals surface area contributed by atoms with E-state index < -0.39 is 0 Å². The number of nitrogens with one attached hydrogen (secondary N) is 1. The van der Waals surface area contributed by atoms with Gasteiger partial charge in [-0.2, -0.15) is 0 Å². The summed E-state index contributed by atoms with van der Waals surface area (Å²) in [7, 11) is 0. The average Bonchev–Trinajstić information content (AvgIpc) is 3.09. The summed E-state index contributed by atoms with van der Waals surface area (Å²) >= 11 is 0. The summed E-state index contributed by atoms with van der Waals surface area (Å²) in [6.07, 6.45) is 4.79. The lowest BCUT2D eigenvalue weighted by atomic mass is 10.0. The maximum Gasteiger partial charge on any atom is 0.251 e. The summed E-state index contributed by atoms with van der Waals surface area (Å²) in [5, 5.41) is 3.30. The topological polar surface area (TPSA) is 61.9 Å². The van der Waals surface area contributed by atoms with Gasteiger partial charge in [-0.15, -0.1) is 0 Å². The molecule has 118 valence electrons. The number of hydrogen-bond donors (Lipinski definition) is 1. The van der Waals surface area contributed by atoms with Crippen molar-refractivity contribution in [2.75, 3.05) is 39.3 Å². The predicted molar refractivity (Wildman–Crippen MR) is 77.8 cm³/mol. The van der Waals surface area contributed by atoms with Crippen LogP contribution < -0.4 is 5.32 Å². The summed E-state index contributed by atoms with van der Waals surface area (Å²) in [5.41, 5.74) is 0. The van der Waals surface area contributed by atoms with E-state index in [0.717, 1.165) is 38.6 Å². The molecular formula is C15H25N3O3. The number of piperazine rings is 1. The molecule has 3 aliphatic heterocycles. The molecule has 0 bridgehead atoms. The molecule has 0 aromatic rings. The summed E-state index contributed by atoms with van der Waals surface area (Å²) in [4.78, 5) is 28.4. The predicted octanol–water partition coefficient (Wildman–Crippen LogP) is -0.0217. The van der Waals surface area contributed by atoms with Crippen molar-refractivity contribution in [1.29, 1.82) is 0 Å². The fourth-order valence-electron chi connectivity index (χ4n) is 3.41. The fourth-order valence-corrected chi connectivity index (χ4v) is 3.41. The van der Waals surface area contributed by atoms with Crippen LogP contribution in [0.2, 0.25) is 0 Å². The van der Waals surface area contributed by atoms with Gasteiger partial charge in [0.05, 0.1) is 6.04 Å². The highest BCUT2D eigenvalue weighted by atomic mass is 16.5. The molecule has 1 unspecified atom stereocenters. The Morgan fingerprint density at radius 3 is 2.19 bits per heavy atom. The number of carbonyl (C=O) groups excluding carboxylic acids is 2. The van der Waals surface area contributed by atoms with E-state index in [9.17, 15) is 9.59 Å². The number of carbonyl (C=O) groups is 2. The Kier molecular flexibility index (Phi) is 4.75. The Labute approximate surface area is 125 Å². The molecule has 0 aliphatic carbocycles. The molecule has 0 radical (unpaired) electrons. The van der Waals surface area contributed by atoms with Crippen LogP contribution in [-0.2, 0) is 14.3 Å². The van der Waals surface area contributed by atoms with Gasteiger partial charge in [0.1, 0.15) is 6.10 Å². The van der Waals surface area contributed by atoms with Crippen LogP contribution in [0.5, 0.6) is 0 Å². The van der Waals surface area contributed by atoms with Gasteiger partial charge in [-0.1, -0.05) is 6.42 Å².